The summed E-state index contributed by atoms with van der Waals surface area (Å²) < 4.78 is 12.1. The summed E-state index contributed by atoms with van der Waals surface area (Å²) in [6.07, 6.45) is 3.54. The molecular formula is C20H23N3O4S. The van der Waals surface area contributed by atoms with Gasteiger partial charge in [0.1, 0.15) is 17.4 Å². The van der Waals surface area contributed by atoms with E-state index in [-0.39, 0.29) is 35.1 Å². The van der Waals surface area contributed by atoms with Crippen LogP contribution in [0.5, 0.6) is 5.75 Å². The summed E-state index contributed by atoms with van der Waals surface area (Å²) in [6.45, 7) is 2.15. The van der Waals surface area contributed by atoms with E-state index in [9.17, 15) is 9.59 Å². The van der Waals surface area contributed by atoms with Gasteiger partial charge in [-0.15, -0.1) is 11.3 Å². The van der Waals surface area contributed by atoms with E-state index in [1.807, 2.05) is 23.7 Å². The molecule has 0 unspecified atom stereocenters. The van der Waals surface area contributed by atoms with Crippen molar-refractivity contribution in [3.05, 3.63) is 23.7 Å². The number of carbonyl (C=O) groups is 2. The second kappa shape index (κ2) is 6.34. The van der Waals surface area contributed by atoms with Gasteiger partial charge in [-0.1, -0.05) is 6.07 Å². The number of hydrogen-bond acceptors (Lipinski definition) is 6. The maximum Gasteiger partial charge on any atom is 0.407 e. The summed E-state index contributed by atoms with van der Waals surface area (Å²) >= 11 is 1.60. The SMILES string of the molecule is CCOC(=O)NC12CC(NC(=O)C3CC(Oc4cccc5scnc45)C3)(C1)C2. The maximum atomic E-state index is 12.6. The van der Waals surface area contributed by atoms with Gasteiger partial charge in [-0.25, -0.2) is 9.78 Å². The first-order valence-corrected chi connectivity index (χ1v) is 10.6. The van der Waals surface area contributed by atoms with E-state index in [1.165, 1.54) is 0 Å². The summed E-state index contributed by atoms with van der Waals surface area (Å²) in [5, 5.41) is 6.13. The predicted octanol–water partition coefficient (Wildman–Crippen LogP) is 2.99. The van der Waals surface area contributed by atoms with Crippen LogP contribution in [0, 0.1) is 5.92 Å². The highest BCUT2D eigenvalue weighted by molar-refractivity contribution is 7.16. The Morgan fingerprint density at radius 2 is 1.96 bits per heavy atom. The Labute approximate surface area is 166 Å². The van der Waals surface area contributed by atoms with Crippen LogP contribution in [0.3, 0.4) is 0 Å². The van der Waals surface area contributed by atoms with E-state index in [1.54, 1.807) is 18.3 Å². The van der Waals surface area contributed by atoms with Crippen LogP contribution in [-0.2, 0) is 9.53 Å². The Morgan fingerprint density at radius 1 is 1.21 bits per heavy atom. The van der Waals surface area contributed by atoms with Crippen molar-refractivity contribution in [3.8, 4) is 5.75 Å². The molecule has 28 heavy (non-hydrogen) atoms. The third-order valence-corrected chi connectivity index (χ3v) is 6.94. The highest BCUT2D eigenvalue weighted by Gasteiger charge is 2.69. The lowest BCUT2D eigenvalue weighted by atomic mass is 9.44. The first kappa shape index (κ1) is 17.7. The van der Waals surface area contributed by atoms with E-state index in [2.05, 4.69) is 15.6 Å². The van der Waals surface area contributed by atoms with Gasteiger partial charge >= 0.3 is 6.09 Å². The van der Waals surface area contributed by atoms with Gasteiger partial charge < -0.3 is 20.1 Å². The summed E-state index contributed by atoms with van der Waals surface area (Å²) in [5.74, 6) is 0.910. The van der Waals surface area contributed by atoms with E-state index in [0.29, 0.717) is 6.61 Å². The van der Waals surface area contributed by atoms with Crippen molar-refractivity contribution in [2.45, 2.75) is 56.2 Å². The third kappa shape index (κ3) is 2.90. The van der Waals surface area contributed by atoms with Gasteiger partial charge in [0, 0.05) is 11.5 Å². The van der Waals surface area contributed by atoms with Crippen LogP contribution in [-0.4, -0.2) is 40.8 Å². The van der Waals surface area contributed by atoms with Crippen molar-refractivity contribution in [1.29, 1.82) is 0 Å². The summed E-state index contributed by atoms with van der Waals surface area (Å²) in [6, 6.07) is 5.94. The lowest BCUT2D eigenvalue weighted by molar-refractivity contribution is -0.148. The average Bonchev–Trinajstić information content (AvgIpc) is 3.04. The smallest absolute Gasteiger partial charge is 0.407 e. The van der Waals surface area contributed by atoms with Gasteiger partial charge in [0.05, 0.1) is 22.4 Å². The van der Waals surface area contributed by atoms with E-state index in [0.717, 1.165) is 48.1 Å². The minimum absolute atomic E-state index is 0.00243. The molecule has 1 aromatic carbocycles. The lowest BCUT2D eigenvalue weighted by Crippen LogP contribution is -2.84. The van der Waals surface area contributed by atoms with Gasteiger partial charge in [0.15, 0.2) is 0 Å². The van der Waals surface area contributed by atoms with Crippen molar-refractivity contribution < 1.29 is 19.1 Å². The van der Waals surface area contributed by atoms with E-state index < -0.39 is 0 Å². The number of nitrogens with one attached hydrogen (secondary N) is 2. The van der Waals surface area contributed by atoms with Crippen LogP contribution in [0.1, 0.15) is 39.0 Å². The minimum Gasteiger partial charge on any atom is -0.488 e. The molecule has 4 aliphatic rings. The fraction of sp³-hybridized carbons (Fsp3) is 0.550. The van der Waals surface area contributed by atoms with Crippen LogP contribution < -0.4 is 15.4 Å². The normalized spacial score (nSPS) is 32.5. The molecular weight excluding hydrogens is 378 g/mol. The summed E-state index contributed by atoms with van der Waals surface area (Å²) in [7, 11) is 0. The monoisotopic (exact) mass is 401 g/mol. The number of rotatable bonds is 6. The predicted molar refractivity (Wildman–Crippen MR) is 104 cm³/mol. The number of nitrogens with zero attached hydrogens (tertiary/aromatic N) is 1. The zero-order chi connectivity index (χ0) is 19.4. The van der Waals surface area contributed by atoms with Crippen LogP contribution in [0.25, 0.3) is 10.2 Å². The molecule has 0 atom stereocenters. The number of fused-ring (bicyclic) bond motifs is 1. The highest BCUT2D eigenvalue weighted by Crippen LogP contribution is 2.60. The molecule has 7 nitrogen and oxygen atoms in total. The summed E-state index contributed by atoms with van der Waals surface area (Å²) in [5.41, 5.74) is 2.42. The van der Waals surface area contributed by atoms with Crippen molar-refractivity contribution in [2.24, 2.45) is 5.92 Å². The van der Waals surface area contributed by atoms with Gasteiger partial charge in [-0.2, -0.15) is 0 Å². The fourth-order valence-corrected chi connectivity index (χ4v) is 5.50. The molecule has 0 aliphatic heterocycles. The number of para-hydroxylation sites is 1. The Bertz CT molecular complexity index is 917. The van der Waals surface area contributed by atoms with Gasteiger partial charge in [-0.3, -0.25) is 4.79 Å². The molecule has 1 heterocycles. The fourth-order valence-electron chi connectivity index (χ4n) is 4.81. The van der Waals surface area contributed by atoms with Crippen LogP contribution in [0.4, 0.5) is 4.79 Å². The molecule has 1 aromatic heterocycles. The van der Waals surface area contributed by atoms with Crippen molar-refractivity contribution in [3.63, 3.8) is 0 Å². The molecule has 2 aromatic rings. The first-order chi connectivity index (χ1) is 13.5. The molecule has 4 saturated carbocycles. The second-order valence-electron chi connectivity index (χ2n) is 8.29. The van der Waals surface area contributed by atoms with Crippen molar-refractivity contribution >= 4 is 33.6 Å². The van der Waals surface area contributed by atoms with E-state index >= 15 is 0 Å². The number of thiazole rings is 1. The molecule has 4 fully saturated rings. The topological polar surface area (TPSA) is 89.6 Å². The maximum absolute atomic E-state index is 12.6. The highest BCUT2D eigenvalue weighted by atomic mass is 32.1. The molecule has 6 rings (SSSR count). The Balaban J connectivity index is 1.08. The lowest BCUT2D eigenvalue weighted by Gasteiger charge is -2.70. The number of ether oxygens (including phenoxy) is 2. The first-order valence-electron chi connectivity index (χ1n) is 9.76. The molecule has 2 amide bonds. The van der Waals surface area contributed by atoms with Gasteiger partial charge in [0.2, 0.25) is 5.91 Å². The molecule has 4 aliphatic carbocycles. The molecule has 2 N–H and O–H groups in total. The molecule has 0 saturated heterocycles. The molecule has 0 spiro atoms. The quantitative estimate of drug-likeness (QED) is 0.777. The molecule has 148 valence electrons. The van der Waals surface area contributed by atoms with Gasteiger partial charge in [0.25, 0.3) is 0 Å². The van der Waals surface area contributed by atoms with Crippen LogP contribution in [0.15, 0.2) is 23.7 Å². The van der Waals surface area contributed by atoms with Crippen LogP contribution >= 0.6 is 11.3 Å². The molecule has 0 radical (unpaired) electrons. The third-order valence-electron chi connectivity index (χ3n) is 6.14. The summed E-state index contributed by atoms with van der Waals surface area (Å²) in [4.78, 5) is 28.5. The number of aromatic nitrogens is 1. The second-order valence-corrected chi connectivity index (χ2v) is 9.18. The molecule has 2 bridgehead atoms. The number of carbonyl (C=O) groups excluding carboxylic acids is 2. The van der Waals surface area contributed by atoms with Crippen molar-refractivity contribution in [2.75, 3.05) is 6.61 Å². The zero-order valence-corrected chi connectivity index (χ0v) is 16.5. The average molecular weight is 401 g/mol. The largest absolute Gasteiger partial charge is 0.488 e. The standard InChI is InChI=1S/C20H23N3O4S/c1-2-26-18(25)23-20-8-19(9-20,10-20)22-17(24)12-6-13(7-12)27-14-4-3-5-15-16(14)21-11-28-15/h3-5,11-13H,2,6-10H2,1H3,(H,22,24)(H,23,25). The minimum atomic E-state index is -0.365. The Morgan fingerprint density at radius 3 is 2.71 bits per heavy atom. The van der Waals surface area contributed by atoms with E-state index in [4.69, 9.17) is 9.47 Å². The Kier molecular flexibility index (Phi) is 4.01. The molecule has 8 heteroatoms. The van der Waals surface area contributed by atoms with Gasteiger partial charge in [-0.05, 0) is 51.2 Å². The Hall–Kier alpha value is -2.35. The number of alkyl carbamates (subject to hydrolysis) is 1. The number of hydrogen-bond donors (Lipinski definition) is 2. The van der Waals surface area contributed by atoms with Crippen LogP contribution in [0.2, 0.25) is 0 Å². The zero-order valence-electron chi connectivity index (χ0n) is 15.7. The number of benzene rings is 1. The van der Waals surface area contributed by atoms with Crippen molar-refractivity contribution in [1.82, 2.24) is 15.6 Å². The number of amides is 2.